The van der Waals surface area contributed by atoms with E-state index in [0.717, 1.165) is 42.6 Å². The zero-order chi connectivity index (χ0) is 22.0. The van der Waals surface area contributed by atoms with E-state index in [-0.39, 0.29) is 18.4 Å². The number of carbonyl (C=O) groups excluding carboxylic acids is 1. The maximum absolute atomic E-state index is 13.5. The topological polar surface area (TPSA) is 95.4 Å². The van der Waals surface area contributed by atoms with Gasteiger partial charge in [0.2, 0.25) is 0 Å². The van der Waals surface area contributed by atoms with Crippen LogP contribution >= 0.6 is 0 Å². The predicted octanol–water partition coefficient (Wildman–Crippen LogP) is 4.32. The molecule has 7 heteroatoms. The third-order valence-electron chi connectivity index (χ3n) is 5.74. The van der Waals surface area contributed by atoms with Crippen molar-refractivity contribution in [3.8, 4) is 0 Å². The van der Waals surface area contributed by atoms with Gasteiger partial charge in [0, 0.05) is 35.6 Å². The number of carbonyl (C=O) groups is 2. The first-order chi connectivity index (χ1) is 14.9. The lowest BCUT2D eigenvalue weighted by Crippen LogP contribution is -2.42. The first-order valence-corrected chi connectivity index (χ1v) is 10.6. The highest BCUT2D eigenvalue weighted by Gasteiger charge is 2.27. The molecule has 1 amide bonds. The number of pyridine rings is 2. The van der Waals surface area contributed by atoms with Gasteiger partial charge in [-0.3, -0.25) is 9.59 Å². The fraction of sp³-hybridized carbons (Fsp3) is 0.333. The average Bonchev–Trinajstić information content (AvgIpc) is 2.74. The quantitative estimate of drug-likeness (QED) is 0.641. The van der Waals surface area contributed by atoms with Gasteiger partial charge in [-0.15, -0.1) is 0 Å². The number of fused-ring (bicyclic) bond motifs is 1. The van der Waals surface area contributed by atoms with Gasteiger partial charge in [-0.05, 0) is 62.9 Å². The number of aryl methyl sites for hydroxylation is 1. The average molecular weight is 418 g/mol. The Hall–Kier alpha value is -3.48. The molecule has 1 aromatic carbocycles. The molecule has 1 atom stereocenters. The van der Waals surface area contributed by atoms with Gasteiger partial charge < -0.3 is 15.3 Å². The zero-order valence-electron chi connectivity index (χ0n) is 17.8. The smallest absolute Gasteiger partial charge is 0.307 e. The van der Waals surface area contributed by atoms with Crippen LogP contribution in [0.3, 0.4) is 0 Å². The predicted molar refractivity (Wildman–Crippen MR) is 120 cm³/mol. The van der Waals surface area contributed by atoms with Crippen molar-refractivity contribution in [2.24, 2.45) is 0 Å². The molecule has 1 aliphatic rings. The maximum atomic E-state index is 13.5. The van der Waals surface area contributed by atoms with E-state index in [1.807, 2.05) is 36.1 Å². The minimum atomic E-state index is -0.870. The van der Waals surface area contributed by atoms with Crippen LogP contribution in [0.1, 0.15) is 47.8 Å². The first kappa shape index (κ1) is 20.8. The molecule has 0 spiro atoms. The summed E-state index contributed by atoms with van der Waals surface area (Å²) in [5, 5.41) is 13.1. The second kappa shape index (κ2) is 8.71. The summed E-state index contributed by atoms with van der Waals surface area (Å²) in [4.78, 5) is 35.3. The van der Waals surface area contributed by atoms with Crippen LogP contribution in [-0.4, -0.2) is 44.4 Å². The molecule has 0 bridgehead atoms. The summed E-state index contributed by atoms with van der Waals surface area (Å²) in [6.07, 6.45) is 4.72. The van der Waals surface area contributed by atoms with E-state index >= 15 is 0 Å². The number of carboxylic acid groups (broad SMARTS) is 1. The number of anilines is 2. The molecule has 31 heavy (non-hydrogen) atoms. The number of aromatic nitrogens is 2. The van der Waals surface area contributed by atoms with E-state index in [9.17, 15) is 9.59 Å². The molecule has 2 aromatic heterocycles. The van der Waals surface area contributed by atoms with Gasteiger partial charge in [-0.25, -0.2) is 9.97 Å². The Labute approximate surface area is 181 Å². The SMILES string of the molecule is Cc1ccc2c(Nc3ccc(CC(=O)O)cc3)c(C(=O)N3CCCCC3C)cnc2n1. The third kappa shape index (κ3) is 4.50. The van der Waals surface area contributed by atoms with Crippen LogP contribution < -0.4 is 5.32 Å². The molecule has 160 valence electrons. The molecule has 3 aromatic rings. The highest BCUT2D eigenvalue weighted by Crippen LogP contribution is 2.31. The number of likely N-dealkylation sites (tertiary alicyclic amines) is 1. The number of hydrogen-bond acceptors (Lipinski definition) is 5. The number of amides is 1. The molecule has 1 aliphatic heterocycles. The van der Waals surface area contributed by atoms with Crippen LogP contribution in [0.15, 0.2) is 42.6 Å². The molecule has 1 unspecified atom stereocenters. The normalized spacial score (nSPS) is 16.3. The summed E-state index contributed by atoms with van der Waals surface area (Å²) in [6.45, 7) is 4.74. The zero-order valence-corrected chi connectivity index (χ0v) is 17.8. The molecule has 0 saturated carbocycles. The minimum Gasteiger partial charge on any atom is -0.481 e. The highest BCUT2D eigenvalue weighted by atomic mass is 16.4. The molecule has 3 heterocycles. The van der Waals surface area contributed by atoms with Crippen molar-refractivity contribution < 1.29 is 14.7 Å². The highest BCUT2D eigenvalue weighted by molar-refractivity contribution is 6.07. The third-order valence-corrected chi connectivity index (χ3v) is 5.74. The molecular formula is C24H26N4O3. The Balaban J connectivity index is 1.74. The van der Waals surface area contributed by atoms with Crippen molar-refractivity contribution in [2.75, 3.05) is 11.9 Å². The Morgan fingerprint density at radius 1 is 1.16 bits per heavy atom. The van der Waals surface area contributed by atoms with E-state index in [1.54, 1.807) is 18.3 Å². The first-order valence-electron chi connectivity index (χ1n) is 10.6. The van der Waals surface area contributed by atoms with Crippen LogP contribution in [0.2, 0.25) is 0 Å². The lowest BCUT2D eigenvalue weighted by atomic mass is 10.0. The monoisotopic (exact) mass is 418 g/mol. The number of nitrogens with one attached hydrogen (secondary N) is 1. The van der Waals surface area contributed by atoms with Crippen molar-refractivity contribution in [1.82, 2.24) is 14.9 Å². The Kier molecular flexibility index (Phi) is 5.84. The minimum absolute atomic E-state index is 0.0295. The largest absolute Gasteiger partial charge is 0.481 e. The number of benzene rings is 1. The lowest BCUT2D eigenvalue weighted by Gasteiger charge is -2.34. The van der Waals surface area contributed by atoms with Crippen molar-refractivity contribution in [1.29, 1.82) is 0 Å². The second-order valence-electron chi connectivity index (χ2n) is 8.11. The Bertz CT molecular complexity index is 1130. The van der Waals surface area contributed by atoms with Gasteiger partial charge in [-0.1, -0.05) is 12.1 Å². The summed E-state index contributed by atoms with van der Waals surface area (Å²) in [7, 11) is 0. The number of rotatable bonds is 5. The lowest BCUT2D eigenvalue weighted by molar-refractivity contribution is -0.136. The summed E-state index contributed by atoms with van der Waals surface area (Å²) < 4.78 is 0. The molecule has 7 nitrogen and oxygen atoms in total. The number of carboxylic acids is 1. The van der Waals surface area contributed by atoms with Crippen LogP contribution in [0.5, 0.6) is 0 Å². The van der Waals surface area contributed by atoms with E-state index < -0.39 is 5.97 Å². The molecule has 0 radical (unpaired) electrons. The Morgan fingerprint density at radius 3 is 2.65 bits per heavy atom. The number of nitrogens with zero attached hydrogens (tertiary/aromatic N) is 3. The number of aliphatic carboxylic acids is 1. The van der Waals surface area contributed by atoms with E-state index in [4.69, 9.17) is 5.11 Å². The van der Waals surface area contributed by atoms with Crippen molar-refractivity contribution in [3.05, 3.63) is 59.4 Å². The maximum Gasteiger partial charge on any atom is 0.307 e. The van der Waals surface area contributed by atoms with E-state index in [2.05, 4.69) is 22.2 Å². The molecule has 2 N–H and O–H groups in total. The summed E-state index contributed by atoms with van der Waals surface area (Å²) in [5.74, 6) is -0.905. The van der Waals surface area contributed by atoms with E-state index in [1.165, 1.54) is 0 Å². The standard InChI is InChI=1S/C24H26N4O3/c1-15-6-11-19-22(27-18-9-7-17(8-10-18)13-21(29)30)20(14-25-23(19)26-15)24(31)28-12-4-3-5-16(28)2/h6-11,14,16H,3-5,12-13H2,1-2H3,(H,29,30)(H,25,26,27). The van der Waals surface area contributed by atoms with Crippen molar-refractivity contribution >= 4 is 34.3 Å². The van der Waals surface area contributed by atoms with Crippen LogP contribution in [-0.2, 0) is 11.2 Å². The Morgan fingerprint density at radius 2 is 1.94 bits per heavy atom. The molecule has 0 aliphatic carbocycles. The van der Waals surface area contributed by atoms with Gasteiger partial charge in [0.15, 0.2) is 5.65 Å². The fourth-order valence-corrected chi connectivity index (χ4v) is 4.05. The van der Waals surface area contributed by atoms with Crippen LogP contribution in [0.25, 0.3) is 11.0 Å². The molecule has 1 fully saturated rings. The summed E-state index contributed by atoms with van der Waals surface area (Å²) >= 11 is 0. The van der Waals surface area contributed by atoms with Gasteiger partial charge >= 0.3 is 5.97 Å². The summed E-state index contributed by atoms with van der Waals surface area (Å²) in [6, 6.07) is 11.2. The second-order valence-corrected chi connectivity index (χ2v) is 8.11. The van der Waals surface area contributed by atoms with E-state index in [0.29, 0.717) is 22.5 Å². The van der Waals surface area contributed by atoms with Crippen LogP contribution in [0.4, 0.5) is 11.4 Å². The van der Waals surface area contributed by atoms with Crippen molar-refractivity contribution in [3.63, 3.8) is 0 Å². The van der Waals surface area contributed by atoms with Crippen LogP contribution in [0, 0.1) is 6.92 Å². The number of hydrogen-bond donors (Lipinski definition) is 2. The van der Waals surface area contributed by atoms with Gasteiger partial charge in [0.25, 0.3) is 5.91 Å². The number of piperidine rings is 1. The van der Waals surface area contributed by atoms with Gasteiger partial charge in [0.05, 0.1) is 17.7 Å². The summed E-state index contributed by atoms with van der Waals surface area (Å²) in [5.41, 5.74) is 4.10. The van der Waals surface area contributed by atoms with Gasteiger partial charge in [-0.2, -0.15) is 0 Å². The molecule has 1 saturated heterocycles. The molecular weight excluding hydrogens is 392 g/mol. The fourth-order valence-electron chi connectivity index (χ4n) is 4.05. The molecule has 4 rings (SSSR count). The van der Waals surface area contributed by atoms with Gasteiger partial charge in [0.1, 0.15) is 0 Å². The van der Waals surface area contributed by atoms with Crippen molar-refractivity contribution in [2.45, 2.75) is 45.6 Å².